The van der Waals surface area contributed by atoms with Crippen LogP contribution in [0.25, 0.3) is 11.0 Å². The molecular weight excluding hydrogens is 372 g/mol. The lowest BCUT2D eigenvalue weighted by Gasteiger charge is -2.31. The van der Waals surface area contributed by atoms with Crippen molar-refractivity contribution in [1.29, 1.82) is 0 Å². The summed E-state index contributed by atoms with van der Waals surface area (Å²) in [5.41, 5.74) is 2.47. The standard InChI is InChI=1S/C21H24N4O2S/c1-16-10-12-17(13-11-16)28(26,27)24(2)20-21(25-14-6-3-7-15-25)23-19-9-5-4-8-18(19)22-20/h4-5,8-13H,3,6-7,14-15H2,1-2H3. The molecule has 0 bridgehead atoms. The third-order valence-corrected chi connectivity index (χ3v) is 6.93. The molecule has 146 valence electrons. The maximum atomic E-state index is 13.3. The molecule has 0 atom stereocenters. The number of hydrogen-bond acceptors (Lipinski definition) is 5. The molecule has 1 fully saturated rings. The van der Waals surface area contributed by atoms with Crippen molar-refractivity contribution >= 4 is 32.7 Å². The predicted molar refractivity (Wildman–Crippen MR) is 112 cm³/mol. The highest BCUT2D eigenvalue weighted by molar-refractivity contribution is 7.92. The average molecular weight is 397 g/mol. The molecule has 0 aliphatic carbocycles. The third kappa shape index (κ3) is 3.42. The van der Waals surface area contributed by atoms with Crippen molar-refractivity contribution in [1.82, 2.24) is 9.97 Å². The summed E-state index contributed by atoms with van der Waals surface area (Å²) in [6.07, 6.45) is 3.33. The predicted octanol–water partition coefficient (Wildman–Crippen LogP) is 3.75. The number of hydrogen-bond donors (Lipinski definition) is 0. The Labute approximate surface area is 165 Å². The summed E-state index contributed by atoms with van der Waals surface area (Å²) in [6, 6.07) is 14.5. The van der Waals surface area contributed by atoms with Crippen LogP contribution in [0.15, 0.2) is 53.4 Å². The van der Waals surface area contributed by atoms with Gasteiger partial charge in [-0.2, -0.15) is 0 Å². The average Bonchev–Trinajstić information content (AvgIpc) is 2.73. The summed E-state index contributed by atoms with van der Waals surface area (Å²) in [5.74, 6) is 1.01. The Morgan fingerprint density at radius 3 is 2.14 bits per heavy atom. The Bertz CT molecular complexity index is 1090. The monoisotopic (exact) mass is 396 g/mol. The molecule has 2 heterocycles. The first kappa shape index (κ1) is 18.7. The maximum absolute atomic E-state index is 13.3. The number of anilines is 2. The third-order valence-electron chi connectivity index (χ3n) is 5.17. The Morgan fingerprint density at radius 2 is 1.50 bits per heavy atom. The quantitative estimate of drug-likeness (QED) is 0.672. The number of aryl methyl sites for hydroxylation is 1. The van der Waals surface area contributed by atoms with Crippen molar-refractivity contribution < 1.29 is 8.42 Å². The molecule has 28 heavy (non-hydrogen) atoms. The fourth-order valence-corrected chi connectivity index (χ4v) is 4.64. The summed E-state index contributed by atoms with van der Waals surface area (Å²) >= 11 is 0. The first-order valence-corrected chi connectivity index (χ1v) is 11.0. The van der Waals surface area contributed by atoms with Crippen LogP contribution < -0.4 is 9.21 Å². The zero-order valence-electron chi connectivity index (χ0n) is 16.2. The van der Waals surface area contributed by atoms with E-state index in [2.05, 4.69) is 4.90 Å². The van der Waals surface area contributed by atoms with Crippen LogP contribution in [0.5, 0.6) is 0 Å². The van der Waals surface area contributed by atoms with Crippen molar-refractivity contribution in [3.8, 4) is 0 Å². The van der Waals surface area contributed by atoms with Gasteiger partial charge in [-0.05, 0) is 50.5 Å². The molecule has 0 N–H and O–H groups in total. The van der Waals surface area contributed by atoms with E-state index in [-0.39, 0.29) is 4.90 Å². The highest BCUT2D eigenvalue weighted by atomic mass is 32.2. The Morgan fingerprint density at radius 1 is 0.893 bits per heavy atom. The Hall–Kier alpha value is -2.67. The normalized spacial score (nSPS) is 15.0. The number of sulfonamides is 1. The van der Waals surface area contributed by atoms with Crippen LogP contribution in [0.3, 0.4) is 0 Å². The van der Waals surface area contributed by atoms with Crippen molar-refractivity contribution in [2.24, 2.45) is 0 Å². The fourth-order valence-electron chi connectivity index (χ4n) is 3.49. The highest BCUT2D eigenvalue weighted by Gasteiger charge is 2.28. The van der Waals surface area contributed by atoms with E-state index in [1.807, 2.05) is 31.2 Å². The van der Waals surface area contributed by atoms with Crippen molar-refractivity contribution in [2.45, 2.75) is 31.1 Å². The van der Waals surface area contributed by atoms with Gasteiger partial charge < -0.3 is 4.90 Å². The zero-order valence-corrected chi connectivity index (χ0v) is 17.0. The maximum Gasteiger partial charge on any atom is 0.265 e. The molecule has 0 radical (unpaired) electrons. The molecule has 6 nitrogen and oxygen atoms in total. The van der Waals surface area contributed by atoms with Gasteiger partial charge in [-0.25, -0.2) is 22.7 Å². The highest BCUT2D eigenvalue weighted by Crippen LogP contribution is 2.32. The molecule has 1 saturated heterocycles. The van der Waals surface area contributed by atoms with E-state index >= 15 is 0 Å². The van der Waals surface area contributed by atoms with Crippen LogP contribution >= 0.6 is 0 Å². The van der Waals surface area contributed by atoms with Gasteiger partial charge >= 0.3 is 0 Å². The molecule has 0 amide bonds. The molecule has 0 unspecified atom stereocenters. The number of nitrogens with zero attached hydrogens (tertiary/aromatic N) is 4. The summed E-state index contributed by atoms with van der Waals surface area (Å²) in [4.78, 5) is 11.9. The fraction of sp³-hybridized carbons (Fsp3) is 0.333. The van der Waals surface area contributed by atoms with Crippen LogP contribution in [0.4, 0.5) is 11.6 Å². The number of para-hydroxylation sites is 2. The molecule has 1 aliphatic heterocycles. The SMILES string of the molecule is Cc1ccc(S(=O)(=O)N(C)c2nc3ccccc3nc2N2CCCCC2)cc1. The van der Waals surface area contributed by atoms with Crippen molar-refractivity contribution in [3.05, 3.63) is 54.1 Å². The minimum Gasteiger partial charge on any atom is -0.354 e. The Balaban J connectivity index is 1.84. The van der Waals surface area contributed by atoms with Gasteiger partial charge in [0, 0.05) is 20.1 Å². The van der Waals surface area contributed by atoms with Gasteiger partial charge in [0.1, 0.15) is 0 Å². The van der Waals surface area contributed by atoms with E-state index in [0.717, 1.165) is 37.0 Å². The van der Waals surface area contributed by atoms with E-state index in [4.69, 9.17) is 9.97 Å². The molecular formula is C21H24N4O2S. The summed E-state index contributed by atoms with van der Waals surface area (Å²) in [6.45, 7) is 3.65. The second-order valence-corrected chi connectivity index (χ2v) is 9.16. The van der Waals surface area contributed by atoms with Crippen LogP contribution in [0.2, 0.25) is 0 Å². The van der Waals surface area contributed by atoms with E-state index < -0.39 is 10.0 Å². The van der Waals surface area contributed by atoms with Gasteiger partial charge in [0.25, 0.3) is 10.0 Å². The zero-order chi connectivity index (χ0) is 19.7. The minimum absolute atomic E-state index is 0.250. The Kier molecular flexibility index (Phi) is 4.93. The lowest BCUT2D eigenvalue weighted by molar-refractivity contribution is 0.572. The van der Waals surface area contributed by atoms with Crippen LogP contribution in [-0.4, -0.2) is 38.5 Å². The molecule has 1 aliphatic rings. The molecule has 0 saturated carbocycles. The van der Waals surface area contributed by atoms with Gasteiger partial charge in [0.15, 0.2) is 11.6 Å². The number of fused-ring (bicyclic) bond motifs is 1. The van der Waals surface area contributed by atoms with Gasteiger partial charge in [-0.1, -0.05) is 29.8 Å². The summed E-state index contributed by atoms with van der Waals surface area (Å²) in [5, 5.41) is 0. The summed E-state index contributed by atoms with van der Waals surface area (Å²) < 4.78 is 27.8. The minimum atomic E-state index is -3.73. The van der Waals surface area contributed by atoms with E-state index in [1.165, 1.54) is 10.7 Å². The lowest BCUT2D eigenvalue weighted by atomic mass is 10.1. The van der Waals surface area contributed by atoms with Gasteiger partial charge in [-0.15, -0.1) is 0 Å². The molecule has 1 aromatic heterocycles. The van der Waals surface area contributed by atoms with E-state index in [1.54, 1.807) is 31.3 Å². The second-order valence-electron chi connectivity index (χ2n) is 7.19. The van der Waals surface area contributed by atoms with E-state index in [0.29, 0.717) is 17.2 Å². The van der Waals surface area contributed by atoms with Crippen molar-refractivity contribution in [3.63, 3.8) is 0 Å². The van der Waals surface area contributed by atoms with Crippen LogP contribution in [-0.2, 0) is 10.0 Å². The first-order chi connectivity index (χ1) is 13.5. The van der Waals surface area contributed by atoms with Gasteiger partial charge in [0.05, 0.1) is 15.9 Å². The van der Waals surface area contributed by atoms with Crippen LogP contribution in [0, 0.1) is 6.92 Å². The molecule has 0 spiro atoms. The van der Waals surface area contributed by atoms with E-state index in [9.17, 15) is 8.42 Å². The summed E-state index contributed by atoms with van der Waals surface area (Å²) in [7, 11) is -2.18. The van der Waals surface area contributed by atoms with Gasteiger partial charge in [-0.3, -0.25) is 0 Å². The smallest absolute Gasteiger partial charge is 0.265 e. The number of piperidine rings is 1. The van der Waals surface area contributed by atoms with Crippen LogP contribution in [0.1, 0.15) is 24.8 Å². The largest absolute Gasteiger partial charge is 0.354 e. The molecule has 7 heteroatoms. The second kappa shape index (κ2) is 7.39. The number of benzene rings is 2. The van der Waals surface area contributed by atoms with Gasteiger partial charge in [0.2, 0.25) is 0 Å². The molecule has 2 aromatic carbocycles. The topological polar surface area (TPSA) is 66.4 Å². The number of aromatic nitrogens is 2. The van der Waals surface area contributed by atoms with Crippen molar-refractivity contribution in [2.75, 3.05) is 29.3 Å². The first-order valence-electron chi connectivity index (χ1n) is 9.54. The lowest BCUT2D eigenvalue weighted by Crippen LogP contribution is -2.34. The number of rotatable bonds is 4. The molecule has 4 rings (SSSR count). The molecule has 3 aromatic rings.